The van der Waals surface area contributed by atoms with Crippen molar-refractivity contribution in [3.8, 4) is 17.2 Å². The van der Waals surface area contributed by atoms with E-state index in [1.807, 2.05) is 42.5 Å². The summed E-state index contributed by atoms with van der Waals surface area (Å²) in [5.41, 5.74) is 9.73. The monoisotopic (exact) mass is 432 g/mol. The molecule has 0 spiro atoms. The van der Waals surface area contributed by atoms with Crippen molar-refractivity contribution >= 4 is 34.0 Å². The lowest BCUT2D eigenvalue weighted by Crippen LogP contribution is -2.15. The Morgan fingerprint density at radius 1 is 1.09 bits per heavy atom. The average Bonchev–Trinajstić information content (AvgIpc) is 3.38. The lowest BCUT2D eigenvalue weighted by Gasteiger charge is -2.12. The Bertz CT molecular complexity index is 1330. The predicted molar refractivity (Wildman–Crippen MR) is 121 cm³/mol. The molecule has 2 aromatic heterocycles. The third-order valence-electron chi connectivity index (χ3n) is 5.92. The summed E-state index contributed by atoms with van der Waals surface area (Å²) >= 11 is 0. The minimum Gasteiger partial charge on any atom is -0.462 e. The lowest BCUT2D eigenvalue weighted by molar-refractivity contribution is 0.0436. The molecule has 32 heavy (non-hydrogen) atoms. The van der Waals surface area contributed by atoms with Crippen molar-refractivity contribution < 1.29 is 19.0 Å². The maximum absolute atomic E-state index is 13.2. The van der Waals surface area contributed by atoms with Gasteiger partial charge in [0.05, 0.1) is 23.3 Å². The summed E-state index contributed by atoms with van der Waals surface area (Å²) in [6.07, 6.45) is 1.87. The van der Waals surface area contributed by atoms with Crippen LogP contribution in [0.5, 0.6) is 11.5 Å². The van der Waals surface area contributed by atoms with Gasteiger partial charge in [-0.15, -0.1) is 0 Å². The Balaban J connectivity index is 1.69. The van der Waals surface area contributed by atoms with Gasteiger partial charge in [0.1, 0.15) is 16.9 Å². The quantitative estimate of drug-likeness (QED) is 0.448. The van der Waals surface area contributed by atoms with Gasteiger partial charge in [-0.3, -0.25) is 4.57 Å². The van der Waals surface area contributed by atoms with Gasteiger partial charge in [-0.25, -0.2) is 14.8 Å². The highest BCUT2D eigenvalue weighted by molar-refractivity contribution is 6.09. The lowest BCUT2D eigenvalue weighted by atomic mass is 10.1. The van der Waals surface area contributed by atoms with Crippen LogP contribution in [-0.2, 0) is 4.74 Å². The molecule has 4 aromatic rings. The van der Waals surface area contributed by atoms with E-state index in [2.05, 4.69) is 13.8 Å². The molecule has 2 aromatic carbocycles. The molecule has 1 aliphatic heterocycles. The van der Waals surface area contributed by atoms with Gasteiger partial charge in [-0.1, -0.05) is 38.8 Å². The number of nitrogens with zero attached hydrogens (tertiary/aromatic N) is 3. The van der Waals surface area contributed by atoms with Gasteiger partial charge in [0, 0.05) is 6.07 Å². The number of carbonyl (C=O) groups is 1. The smallest absolute Gasteiger partial charge is 0.344 e. The average molecular weight is 432 g/mol. The van der Waals surface area contributed by atoms with Crippen molar-refractivity contribution in [3.63, 3.8) is 0 Å². The SMILES string of the molecule is CCC(CC)COC(=O)c1c(N)n(-c2ccc3c(c2)OCO3)c2nc3ccccc3nc12. The van der Waals surface area contributed by atoms with Crippen LogP contribution in [0.3, 0.4) is 0 Å². The molecular formula is C24H24N4O4. The molecule has 3 heterocycles. The van der Waals surface area contributed by atoms with E-state index in [-0.39, 0.29) is 18.2 Å². The highest BCUT2D eigenvalue weighted by Crippen LogP contribution is 2.37. The van der Waals surface area contributed by atoms with E-state index in [1.54, 1.807) is 4.57 Å². The van der Waals surface area contributed by atoms with Crippen molar-refractivity contribution in [2.45, 2.75) is 26.7 Å². The molecule has 0 aliphatic carbocycles. The number of anilines is 1. The number of para-hydroxylation sites is 2. The Labute approximate surface area is 184 Å². The predicted octanol–water partition coefficient (Wildman–Crippen LogP) is 4.48. The van der Waals surface area contributed by atoms with Crippen LogP contribution < -0.4 is 15.2 Å². The fourth-order valence-electron chi connectivity index (χ4n) is 3.94. The molecule has 0 fully saturated rings. The summed E-state index contributed by atoms with van der Waals surface area (Å²) in [4.78, 5) is 22.7. The second-order valence-electron chi connectivity index (χ2n) is 7.80. The molecule has 8 nitrogen and oxygen atoms in total. The number of benzene rings is 2. The van der Waals surface area contributed by atoms with Gasteiger partial charge in [0.15, 0.2) is 17.1 Å². The summed E-state index contributed by atoms with van der Waals surface area (Å²) < 4.78 is 18.3. The standard InChI is InChI=1S/C24H24N4O4/c1-3-14(4-2)12-30-24(29)20-21-23(27-17-8-6-5-7-16(17)26-21)28(22(20)25)15-9-10-18-19(11-15)32-13-31-18/h5-11,14H,3-4,12-13,25H2,1-2H3. The number of hydrogen-bond acceptors (Lipinski definition) is 7. The number of esters is 1. The van der Waals surface area contributed by atoms with E-state index in [0.29, 0.717) is 51.9 Å². The molecule has 0 amide bonds. The van der Waals surface area contributed by atoms with Gasteiger partial charge in [0.25, 0.3) is 0 Å². The first-order valence-corrected chi connectivity index (χ1v) is 10.7. The topological polar surface area (TPSA) is 101 Å². The van der Waals surface area contributed by atoms with Crippen molar-refractivity contribution in [1.29, 1.82) is 0 Å². The summed E-state index contributed by atoms with van der Waals surface area (Å²) in [6, 6.07) is 13.0. The van der Waals surface area contributed by atoms with E-state index >= 15 is 0 Å². The van der Waals surface area contributed by atoms with Crippen LogP contribution >= 0.6 is 0 Å². The van der Waals surface area contributed by atoms with Crippen LogP contribution in [-0.4, -0.2) is 33.9 Å². The molecule has 0 saturated heterocycles. The number of nitrogens with two attached hydrogens (primary N) is 1. The van der Waals surface area contributed by atoms with Crippen LogP contribution in [0.2, 0.25) is 0 Å². The molecule has 0 saturated carbocycles. The number of aromatic nitrogens is 3. The number of fused-ring (bicyclic) bond motifs is 3. The van der Waals surface area contributed by atoms with E-state index in [0.717, 1.165) is 12.8 Å². The molecule has 164 valence electrons. The molecule has 0 radical (unpaired) electrons. The zero-order valence-electron chi connectivity index (χ0n) is 18.0. The summed E-state index contributed by atoms with van der Waals surface area (Å²) in [5, 5.41) is 0. The molecule has 0 bridgehead atoms. The van der Waals surface area contributed by atoms with E-state index in [1.165, 1.54) is 0 Å². The molecule has 1 aliphatic rings. The fraction of sp³-hybridized carbons (Fsp3) is 0.292. The van der Waals surface area contributed by atoms with Crippen molar-refractivity contribution in [2.24, 2.45) is 5.92 Å². The van der Waals surface area contributed by atoms with Crippen LogP contribution in [0.15, 0.2) is 42.5 Å². The second kappa shape index (κ2) is 8.03. The minimum atomic E-state index is -0.497. The van der Waals surface area contributed by atoms with E-state index in [4.69, 9.17) is 29.9 Å². The zero-order valence-corrected chi connectivity index (χ0v) is 18.0. The normalized spacial score (nSPS) is 12.7. The molecule has 0 atom stereocenters. The number of carbonyl (C=O) groups excluding carboxylic acids is 1. The Hall–Kier alpha value is -3.81. The fourth-order valence-corrected chi connectivity index (χ4v) is 3.94. The third kappa shape index (κ3) is 3.28. The summed E-state index contributed by atoms with van der Waals surface area (Å²) in [7, 11) is 0. The molecule has 2 N–H and O–H groups in total. The van der Waals surface area contributed by atoms with Gasteiger partial charge < -0.3 is 19.9 Å². The van der Waals surface area contributed by atoms with E-state index < -0.39 is 5.97 Å². The Morgan fingerprint density at radius 3 is 2.56 bits per heavy atom. The maximum atomic E-state index is 13.2. The minimum absolute atomic E-state index is 0.165. The van der Waals surface area contributed by atoms with Crippen molar-refractivity contribution in [2.75, 3.05) is 19.1 Å². The van der Waals surface area contributed by atoms with Gasteiger partial charge in [-0.05, 0) is 30.2 Å². The largest absolute Gasteiger partial charge is 0.462 e. The second-order valence-corrected chi connectivity index (χ2v) is 7.80. The van der Waals surface area contributed by atoms with Gasteiger partial charge in [-0.2, -0.15) is 0 Å². The first-order valence-electron chi connectivity index (χ1n) is 10.7. The van der Waals surface area contributed by atoms with E-state index in [9.17, 15) is 4.79 Å². The highest BCUT2D eigenvalue weighted by atomic mass is 16.7. The Kier molecular flexibility index (Phi) is 5.05. The van der Waals surface area contributed by atoms with Gasteiger partial charge >= 0.3 is 5.97 Å². The summed E-state index contributed by atoms with van der Waals surface area (Å²) in [6.45, 7) is 4.67. The number of nitrogen functional groups attached to an aromatic ring is 1. The summed E-state index contributed by atoms with van der Waals surface area (Å²) in [5.74, 6) is 1.29. The Morgan fingerprint density at radius 2 is 1.81 bits per heavy atom. The highest BCUT2D eigenvalue weighted by Gasteiger charge is 2.27. The van der Waals surface area contributed by atoms with Crippen molar-refractivity contribution in [3.05, 3.63) is 48.0 Å². The molecule has 0 unspecified atom stereocenters. The molecular weight excluding hydrogens is 408 g/mol. The van der Waals surface area contributed by atoms with Crippen LogP contribution in [0.1, 0.15) is 37.0 Å². The molecule has 8 heteroatoms. The maximum Gasteiger partial charge on any atom is 0.344 e. The van der Waals surface area contributed by atoms with Gasteiger partial charge in [0.2, 0.25) is 6.79 Å². The van der Waals surface area contributed by atoms with Crippen LogP contribution in [0, 0.1) is 5.92 Å². The van der Waals surface area contributed by atoms with Crippen molar-refractivity contribution in [1.82, 2.24) is 14.5 Å². The first-order chi connectivity index (χ1) is 15.6. The first kappa shape index (κ1) is 20.1. The number of hydrogen-bond donors (Lipinski definition) is 1. The van der Waals surface area contributed by atoms with Crippen LogP contribution in [0.25, 0.3) is 27.9 Å². The number of ether oxygens (including phenoxy) is 3. The zero-order chi connectivity index (χ0) is 22.2. The molecule has 5 rings (SSSR count). The number of rotatable bonds is 6. The van der Waals surface area contributed by atoms with Crippen LogP contribution in [0.4, 0.5) is 5.82 Å². The third-order valence-corrected chi connectivity index (χ3v) is 5.92.